The maximum absolute atomic E-state index is 11.3. The molecule has 254 valence electrons. The second-order valence-electron chi connectivity index (χ2n) is 8.54. The fourth-order valence-electron chi connectivity index (χ4n) is 3.20. The maximum Gasteiger partial charge on any atom is 3.00 e. The summed E-state index contributed by atoms with van der Waals surface area (Å²) in [4.78, 5) is 135. The minimum absolute atomic E-state index is 0. The topological polar surface area (TPSA) is 392 Å². The summed E-state index contributed by atoms with van der Waals surface area (Å²) in [5, 5.41) is 0. The Balaban J connectivity index is -0.00000127. The Labute approximate surface area is 383 Å². The molecule has 0 saturated carbocycles. The van der Waals surface area contributed by atoms with Crippen molar-refractivity contribution in [2.24, 2.45) is 0 Å². The molecule has 0 fully saturated rings. The molecular formula is C12H24N4O18P6Sm4. The van der Waals surface area contributed by atoms with Gasteiger partial charge in [0.05, 0.1) is 0 Å². The van der Waals surface area contributed by atoms with E-state index in [1.165, 1.54) is 0 Å². The van der Waals surface area contributed by atoms with E-state index in [2.05, 4.69) is 0 Å². The molecule has 0 atom stereocenters. The van der Waals surface area contributed by atoms with Gasteiger partial charge in [-0.3, -0.25) is 19.6 Å². The van der Waals surface area contributed by atoms with E-state index in [9.17, 15) is 86.1 Å². The van der Waals surface area contributed by atoms with Crippen molar-refractivity contribution in [1.29, 1.82) is 0 Å². The number of rotatable bonds is 21. The largest absolute Gasteiger partial charge is 3.00 e. The van der Waals surface area contributed by atoms with Crippen LogP contribution in [0.25, 0.3) is 0 Å². The van der Waals surface area contributed by atoms with Gasteiger partial charge in [-0.15, -0.1) is 0 Å². The van der Waals surface area contributed by atoms with E-state index in [1.807, 2.05) is 0 Å². The smallest absolute Gasteiger partial charge is 0.810 e. The standard InChI is InChI=1S/C12H36N4O18P6.4Sm/c17-35(18,19)7-13(3-5-15(9-37(23,24)25)10-38(26,27)28)1-2-14(8-36(20,21)22)4-6-16(11-39(29,30)31)12-40(32,33)34;;;;/h1-12H2,(H2,17,18,19)(H2,20,21,22)(H2,23,24,25)(H2,26,27,28)(H2,29,30,31)(H2,32,33,34);;;;/q;4*+3/p-12. The van der Waals surface area contributed by atoms with Gasteiger partial charge in [-0.25, -0.2) is 0 Å². The van der Waals surface area contributed by atoms with Crippen molar-refractivity contribution < 1.29 is 248 Å². The van der Waals surface area contributed by atoms with Crippen LogP contribution in [0.4, 0.5) is 0 Å². The first-order chi connectivity index (χ1) is 17.5. The molecule has 0 aliphatic carbocycles. The Morgan fingerprint density at radius 3 is 0.523 bits per heavy atom. The molecule has 0 aliphatic rings. The maximum atomic E-state index is 11.3. The Morgan fingerprint density at radius 2 is 0.386 bits per heavy atom. The molecule has 0 aromatic carbocycles. The zero-order valence-electron chi connectivity index (χ0n) is 21.9. The molecule has 0 aromatic heterocycles. The molecule has 0 aliphatic heterocycles. The van der Waals surface area contributed by atoms with Gasteiger partial charge in [0.1, 0.15) is 0 Å². The molecular weight excluding hydrogens is 1280 g/mol. The first-order valence-electron chi connectivity index (χ1n) is 10.5. The summed E-state index contributed by atoms with van der Waals surface area (Å²) in [6.45, 7) is -4.20. The van der Waals surface area contributed by atoms with Gasteiger partial charge in [0, 0.05) is 77.0 Å². The molecule has 0 N–H and O–H groups in total. The average Bonchev–Trinajstić information content (AvgIpc) is 2.60. The van der Waals surface area contributed by atoms with Crippen molar-refractivity contribution in [3.8, 4) is 0 Å². The summed E-state index contributed by atoms with van der Waals surface area (Å²) in [7, 11) is -32.5. The third-order valence-electron chi connectivity index (χ3n) is 4.44. The van der Waals surface area contributed by atoms with Crippen LogP contribution in [0.3, 0.4) is 0 Å². The zero-order chi connectivity index (χ0) is 31.8. The molecule has 0 bridgehead atoms. The van der Waals surface area contributed by atoms with Crippen molar-refractivity contribution in [3.05, 3.63) is 0 Å². The molecule has 0 aromatic rings. The predicted molar refractivity (Wildman–Crippen MR) is 111 cm³/mol. The first-order valence-corrected chi connectivity index (χ1v) is 20.8. The van der Waals surface area contributed by atoms with E-state index in [1.54, 1.807) is 0 Å². The Bertz CT molecular complexity index is 961. The second-order valence-corrected chi connectivity index (χ2v) is 17.6. The molecule has 22 nitrogen and oxygen atoms in total. The minimum atomic E-state index is -5.42. The number of nitrogens with zero attached hydrogens (tertiary/aromatic N) is 4. The second kappa shape index (κ2) is 26.0. The number of hydrogen-bond donors (Lipinski definition) is 0. The third kappa shape index (κ3) is 40.9. The predicted octanol–water partition coefficient (Wildman–Crippen LogP) is -10.6. The summed E-state index contributed by atoms with van der Waals surface area (Å²) in [6, 6.07) is 0. The Morgan fingerprint density at radius 1 is 0.273 bits per heavy atom. The third-order valence-corrected chi connectivity index (χ3v) is 8.92. The van der Waals surface area contributed by atoms with Crippen molar-refractivity contribution in [1.82, 2.24) is 19.6 Å². The van der Waals surface area contributed by atoms with E-state index in [0.717, 1.165) is 0 Å². The quantitative estimate of drug-likeness (QED) is 0.0963. The van der Waals surface area contributed by atoms with Crippen LogP contribution in [0.2, 0.25) is 0 Å². The van der Waals surface area contributed by atoms with Gasteiger partial charge in [0.2, 0.25) is 0 Å². The Hall–Kier alpha value is 6.09. The van der Waals surface area contributed by atoms with Crippen LogP contribution in [-0.2, 0) is 27.4 Å². The van der Waals surface area contributed by atoms with Crippen LogP contribution in [0, 0.1) is 162 Å². The Kier molecular flexibility index (Phi) is 35.1. The number of hydrogen-bond acceptors (Lipinski definition) is 22. The van der Waals surface area contributed by atoms with Crippen molar-refractivity contribution in [3.63, 3.8) is 0 Å². The minimum Gasteiger partial charge on any atom is -0.810 e. The van der Waals surface area contributed by atoms with E-state index in [4.69, 9.17) is 0 Å². The van der Waals surface area contributed by atoms with E-state index in [-0.39, 0.29) is 162 Å². The molecule has 0 heterocycles. The van der Waals surface area contributed by atoms with Gasteiger partial charge in [0.15, 0.2) is 0 Å². The molecule has 32 heteroatoms. The van der Waals surface area contributed by atoms with Crippen LogP contribution >= 0.6 is 45.6 Å². The normalized spacial score (nSPS) is 13.4. The summed E-state index contributed by atoms with van der Waals surface area (Å²) in [5.74, 6) is 0. The van der Waals surface area contributed by atoms with Crippen molar-refractivity contribution >= 4 is 45.6 Å². The molecule has 0 rings (SSSR count). The summed E-state index contributed by atoms with van der Waals surface area (Å²) >= 11 is 0. The van der Waals surface area contributed by atoms with Crippen molar-refractivity contribution in [2.75, 3.05) is 77.0 Å². The monoisotopic (exact) mass is 1310 g/mol. The summed E-state index contributed by atoms with van der Waals surface area (Å²) < 4.78 is 66.7. The van der Waals surface area contributed by atoms with Crippen molar-refractivity contribution in [2.45, 2.75) is 0 Å². The first kappa shape index (κ1) is 59.4. The fraction of sp³-hybridized carbons (Fsp3) is 1.00. The van der Waals surface area contributed by atoms with E-state index >= 15 is 0 Å². The van der Waals surface area contributed by atoms with Gasteiger partial charge in [-0.1, -0.05) is 45.6 Å². The van der Waals surface area contributed by atoms with Gasteiger partial charge in [-0.2, -0.15) is 0 Å². The fourth-order valence-corrected chi connectivity index (χ4v) is 7.98. The van der Waals surface area contributed by atoms with Crippen LogP contribution in [0.5, 0.6) is 0 Å². The van der Waals surface area contributed by atoms with Gasteiger partial charge < -0.3 is 86.1 Å². The van der Waals surface area contributed by atoms with Gasteiger partial charge in [0.25, 0.3) is 0 Å². The molecule has 4 radical (unpaired) electrons. The van der Waals surface area contributed by atoms with Crippen LogP contribution < -0.4 is 58.7 Å². The zero-order valence-corrected chi connectivity index (χ0v) is 37.8. The van der Waals surface area contributed by atoms with E-state index < -0.39 is 123 Å². The molecule has 0 amide bonds. The molecule has 0 saturated heterocycles. The summed E-state index contributed by atoms with van der Waals surface area (Å²) in [6.07, 6.45) is -8.51. The van der Waals surface area contributed by atoms with E-state index in [0.29, 0.717) is 19.6 Å². The SMILES string of the molecule is O=P([O-])([O-])CN(CCN(CCN(CP(=O)([O-])[O-])CP(=O)([O-])[O-])CP(=O)([O-])[O-])CCN(CP(=O)([O-])[O-])CP(=O)([O-])[O-].[Sm+3].[Sm+3].[Sm+3].[Sm+3]. The van der Waals surface area contributed by atoms with Gasteiger partial charge in [-0.05, 0) is 0 Å². The molecule has 0 unspecified atom stereocenters. The van der Waals surface area contributed by atoms with Crippen LogP contribution in [-0.4, -0.2) is 96.6 Å². The van der Waals surface area contributed by atoms with Crippen LogP contribution in [0.1, 0.15) is 0 Å². The van der Waals surface area contributed by atoms with Crippen LogP contribution in [0.15, 0.2) is 0 Å². The van der Waals surface area contributed by atoms with Gasteiger partial charge >= 0.3 is 162 Å². The molecule has 0 spiro atoms. The summed E-state index contributed by atoms with van der Waals surface area (Å²) in [5.41, 5.74) is 0. The average molecular weight is 1300 g/mol. The molecule has 44 heavy (non-hydrogen) atoms.